The molecule has 1 heterocycles. The molecule has 0 atom stereocenters. The summed E-state index contributed by atoms with van der Waals surface area (Å²) >= 11 is 9.56. The fourth-order valence-corrected chi connectivity index (χ4v) is 2.66. The van der Waals surface area contributed by atoms with Crippen molar-refractivity contribution in [2.45, 2.75) is 18.8 Å². The van der Waals surface area contributed by atoms with E-state index >= 15 is 0 Å². The Morgan fingerprint density at radius 2 is 2.00 bits per heavy atom. The molecule has 0 aliphatic carbocycles. The van der Waals surface area contributed by atoms with Crippen molar-refractivity contribution in [1.82, 2.24) is 4.57 Å². The smallest absolute Gasteiger partial charge is 0.110 e. The molecule has 1 aromatic carbocycles. The van der Waals surface area contributed by atoms with Gasteiger partial charge in [0.25, 0.3) is 0 Å². The SMILES string of the molecule is CCn1c(Cl)cc(C#N)c1-c1ccc(CBr)cc1. The van der Waals surface area contributed by atoms with Gasteiger partial charge in [0.1, 0.15) is 11.2 Å². The third kappa shape index (κ3) is 2.31. The summed E-state index contributed by atoms with van der Waals surface area (Å²) in [6.45, 7) is 2.76. The van der Waals surface area contributed by atoms with Crippen LogP contribution in [0.15, 0.2) is 30.3 Å². The zero-order valence-electron chi connectivity index (χ0n) is 9.95. The van der Waals surface area contributed by atoms with Crippen molar-refractivity contribution in [3.63, 3.8) is 0 Å². The van der Waals surface area contributed by atoms with E-state index in [0.717, 1.165) is 23.1 Å². The van der Waals surface area contributed by atoms with Crippen LogP contribution in [0.25, 0.3) is 11.3 Å². The third-order valence-corrected chi connectivity index (χ3v) is 3.83. The first-order valence-electron chi connectivity index (χ1n) is 5.65. The normalized spacial score (nSPS) is 10.3. The van der Waals surface area contributed by atoms with E-state index in [9.17, 15) is 5.26 Å². The van der Waals surface area contributed by atoms with Gasteiger partial charge in [0.15, 0.2) is 0 Å². The number of alkyl halides is 1. The minimum Gasteiger partial charge on any atom is -0.331 e. The Balaban J connectivity index is 2.58. The molecule has 0 saturated heterocycles. The number of benzene rings is 1. The van der Waals surface area contributed by atoms with Gasteiger partial charge in [0.05, 0.1) is 11.3 Å². The van der Waals surface area contributed by atoms with Gasteiger partial charge in [-0.2, -0.15) is 5.26 Å². The van der Waals surface area contributed by atoms with Crippen molar-refractivity contribution in [3.8, 4) is 17.3 Å². The third-order valence-electron chi connectivity index (χ3n) is 2.86. The van der Waals surface area contributed by atoms with Crippen LogP contribution in [-0.2, 0) is 11.9 Å². The monoisotopic (exact) mass is 322 g/mol. The van der Waals surface area contributed by atoms with Gasteiger partial charge in [-0.1, -0.05) is 51.8 Å². The molecule has 0 unspecified atom stereocenters. The zero-order chi connectivity index (χ0) is 13.1. The second kappa shape index (κ2) is 5.60. The topological polar surface area (TPSA) is 28.7 Å². The van der Waals surface area contributed by atoms with E-state index in [1.54, 1.807) is 6.07 Å². The Morgan fingerprint density at radius 3 is 2.50 bits per heavy atom. The highest BCUT2D eigenvalue weighted by Gasteiger charge is 2.14. The molecule has 2 rings (SSSR count). The average molecular weight is 324 g/mol. The van der Waals surface area contributed by atoms with Crippen molar-refractivity contribution < 1.29 is 0 Å². The molecule has 0 amide bonds. The van der Waals surface area contributed by atoms with Crippen LogP contribution in [0.2, 0.25) is 5.15 Å². The minimum absolute atomic E-state index is 0.605. The van der Waals surface area contributed by atoms with Crippen LogP contribution in [0.1, 0.15) is 18.1 Å². The highest BCUT2D eigenvalue weighted by atomic mass is 79.9. The van der Waals surface area contributed by atoms with Gasteiger partial charge in [-0.05, 0) is 24.1 Å². The van der Waals surface area contributed by atoms with Gasteiger partial charge >= 0.3 is 0 Å². The lowest BCUT2D eigenvalue weighted by Crippen LogP contribution is -1.97. The summed E-state index contributed by atoms with van der Waals surface area (Å²) in [6, 6.07) is 12.1. The van der Waals surface area contributed by atoms with Crippen LogP contribution in [0.5, 0.6) is 0 Å². The van der Waals surface area contributed by atoms with Crippen LogP contribution in [0.3, 0.4) is 0 Å². The van der Waals surface area contributed by atoms with Gasteiger partial charge < -0.3 is 4.57 Å². The van der Waals surface area contributed by atoms with Crippen LogP contribution in [0.4, 0.5) is 0 Å². The number of nitrogens with zero attached hydrogens (tertiary/aromatic N) is 2. The predicted molar refractivity (Wildman–Crippen MR) is 77.9 cm³/mol. The van der Waals surface area contributed by atoms with Gasteiger partial charge in [0.2, 0.25) is 0 Å². The van der Waals surface area contributed by atoms with Crippen LogP contribution < -0.4 is 0 Å². The standard InChI is InChI=1S/C14H12BrClN2/c1-2-18-13(16)7-12(9-17)14(18)11-5-3-10(8-15)4-6-11/h3-7H,2,8H2,1H3. The lowest BCUT2D eigenvalue weighted by Gasteiger charge is -2.09. The molecule has 92 valence electrons. The summed E-state index contributed by atoms with van der Waals surface area (Å²) in [4.78, 5) is 0. The number of aromatic nitrogens is 1. The molecule has 4 heteroatoms. The lowest BCUT2D eigenvalue weighted by molar-refractivity contribution is 0.777. The van der Waals surface area contributed by atoms with E-state index in [1.807, 2.05) is 35.8 Å². The molecule has 0 aliphatic heterocycles. The van der Waals surface area contributed by atoms with Crippen molar-refractivity contribution in [2.75, 3.05) is 0 Å². The maximum Gasteiger partial charge on any atom is 0.110 e. The second-order valence-corrected chi connectivity index (χ2v) is 4.86. The highest BCUT2D eigenvalue weighted by Crippen LogP contribution is 2.30. The summed E-state index contributed by atoms with van der Waals surface area (Å²) in [7, 11) is 0. The molecule has 0 spiro atoms. The molecule has 2 aromatic rings. The van der Waals surface area contributed by atoms with Crippen molar-refractivity contribution in [1.29, 1.82) is 5.26 Å². The van der Waals surface area contributed by atoms with E-state index < -0.39 is 0 Å². The van der Waals surface area contributed by atoms with E-state index in [1.165, 1.54) is 5.56 Å². The maximum absolute atomic E-state index is 9.18. The molecule has 0 bridgehead atoms. The summed E-state index contributed by atoms with van der Waals surface area (Å²) < 4.78 is 1.95. The molecule has 0 N–H and O–H groups in total. The molecule has 2 nitrogen and oxygen atoms in total. The Kier molecular flexibility index (Phi) is 4.11. The quantitative estimate of drug-likeness (QED) is 0.759. The number of rotatable bonds is 3. The van der Waals surface area contributed by atoms with Crippen LogP contribution in [-0.4, -0.2) is 4.57 Å². The predicted octanol–water partition coefficient (Wildman–Crippen LogP) is 4.59. The van der Waals surface area contributed by atoms with Crippen molar-refractivity contribution >= 4 is 27.5 Å². The molecule has 0 aliphatic rings. The lowest BCUT2D eigenvalue weighted by atomic mass is 10.1. The number of halogens is 2. The first-order valence-corrected chi connectivity index (χ1v) is 7.15. The van der Waals surface area contributed by atoms with E-state index in [4.69, 9.17) is 11.6 Å². The van der Waals surface area contributed by atoms with Gasteiger partial charge in [-0.3, -0.25) is 0 Å². The molecule has 18 heavy (non-hydrogen) atoms. The first-order chi connectivity index (χ1) is 8.71. The maximum atomic E-state index is 9.18. The molecular formula is C14H12BrClN2. The number of hydrogen-bond donors (Lipinski definition) is 0. The van der Waals surface area contributed by atoms with E-state index in [0.29, 0.717) is 10.7 Å². The van der Waals surface area contributed by atoms with Gasteiger partial charge in [-0.25, -0.2) is 0 Å². The molecular weight excluding hydrogens is 312 g/mol. The second-order valence-electron chi connectivity index (χ2n) is 3.92. The molecule has 0 radical (unpaired) electrons. The van der Waals surface area contributed by atoms with Gasteiger partial charge in [0, 0.05) is 11.9 Å². The summed E-state index contributed by atoms with van der Waals surface area (Å²) in [6.07, 6.45) is 0. The molecule has 0 saturated carbocycles. The van der Waals surface area contributed by atoms with E-state index in [2.05, 4.69) is 22.0 Å². The largest absolute Gasteiger partial charge is 0.331 e. The number of hydrogen-bond acceptors (Lipinski definition) is 1. The Hall–Kier alpha value is -1.24. The molecule has 0 fully saturated rings. The summed E-state index contributed by atoms with van der Waals surface area (Å²) in [5.74, 6) is 0. The summed E-state index contributed by atoms with van der Waals surface area (Å²) in [5, 5.41) is 10.6. The fraction of sp³-hybridized carbons (Fsp3) is 0.214. The van der Waals surface area contributed by atoms with Crippen LogP contribution >= 0.6 is 27.5 Å². The summed E-state index contributed by atoms with van der Waals surface area (Å²) in [5.41, 5.74) is 3.74. The van der Waals surface area contributed by atoms with E-state index in [-0.39, 0.29) is 0 Å². The zero-order valence-corrected chi connectivity index (χ0v) is 12.3. The first kappa shape index (κ1) is 13.2. The molecule has 1 aromatic heterocycles. The Labute approximate surface area is 120 Å². The Morgan fingerprint density at radius 1 is 1.33 bits per heavy atom. The highest BCUT2D eigenvalue weighted by molar-refractivity contribution is 9.08. The van der Waals surface area contributed by atoms with Crippen molar-refractivity contribution in [2.24, 2.45) is 0 Å². The van der Waals surface area contributed by atoms with Gasteiger partial charge in [-0.15, -0.1) is 0 Å². The van der Waals surface area contributed by atoms with Crippen LogP contribution in [0, 0.1) is 11.3 Å². The minimum atomic E-state index is 0.605. The number of nitriles is 1. The average Bonchev–Trinajstić information content (AvgIpc) is 2.74. The Bertz CT molecular complexity index is 593. The fourth-order valence-electron chi connectivity index (χ4n) is 1.98. The van der Waals surface area contributed by atoms with Crippen molar-refractivity contribution in [3.05, 3.63) is 46.6 Å².